The third-order valence-electron chi connectivity index (χ3n) is 3.34. The van der Waals surface area contributed by atoms with Crippen LogP contribution >= 0.6 is 0 Å². The van der Waals surface area contributed by atoms with Crippen LogP contribution in [-0.4, -0.2) is 28.4 Å². The molecular formula is C14H15N3O. The molecule has 0 spiro atoms. The fourth-order valence-electron chi connectivity index (χ4n) is 2.36. The van der Waals surface area contributed by atoms with E-state index in [0.29, 0.717) is 6.42 Å². The molecule has 1 aromatic heterocycles. The number of rotatable bonds is 3. The van der Waals surface area contributed by atoms with Gasteiger partial charge in [0.1, 0.15) is 0 Å². The van der Waals surface area contributed by atoms with E-state index in [1.165, 1.54) is 0 Å². The predicted octanol–water partition coefficient (Wildman–Crippen LogP) is 1.98. The van der Waals surface area contributed by atoms with E-state index < -0.39 is 0 Å². The van der Waals surface area contributed by atoms with Gasteiger partial charge in [-0.25, -0.2) is 4.98 Å². The van der Waals surface area contributed by atoms with Crippen molar-refractivity contribution in [2.45, 2.75) is 13.0 Å². The first kappa shape index (κ1) is 11.0. The van der Waals surface area contributed by atoms with Crippen LogP contribution in [0.4, 0.5) is 5.69 Å². The molecule has 0 bridgehead atoms. The predicted molar refractivity (Wildman–Crippen MR) is 69.8 cm³/mol. The molecule has 3 rings (SSSR count). The van der Waals surface area contributed by atoms with Crippen LogP contribution in [0.25, 0.3) is 0 Å². The largest absolute Gasteiger partial charge is 0.369 e. The van der Waals surface area contributed by atoms with Gasteiger partial charge in [0.15, 0.2) is 5.78 Å². The molecule has 0 atom stereocenters. The van der Waals surface area contributed by atoms with E-state index in [4.69, 9.17) is 0 Å². The van der Waals surface area contributed by atoms with Crippen LogP contribution in [0.2, 0.25) is 0 Å². The Morgan fingerprint density at radius 1 is 1.22 bits per heavy atom. The summed E-state index contributed by atoms with van der Waals surface area (Å²) in [5, 5.41) is 0. The smallest absolute Gasteiger partial charge is 0.166 e. The molecule has 1 aliphatic rings. The quantitative estimate of drug-likeness (QED) is 0.824. The fourth-order valence-corrected chi connectivity index (χ4v) is 2.36. The van der Waals surface area contributed by atoms with E-state index in [1.807, 2.05) is 36.8 Å². The third-order valence-corrected chi connectivity index (χ3v) is 3.34. The maximum atomic E-state index is 11.8. The van der Waals surface area contributed by atoms with E-state index in [-0.39, 0.29) is 5.78 Å². The van der Waals surface area contributed by atoms with Gasteiger partial charge in [-0.15, -0.1) is 0 Å². The van der Waals surface area contributed by atoms with Crippen LogP contribution < -0.4 is 4.90 Å². The number of Topliss-reactive ketones (excluding diaryl/α,β-unsaturated/α-hetero) is 1. The van der Waals surface area contributed by atoms with Gasteiger partial charge in [0.05, 0.1) is 6.33 Å². The second kappa shape index (κ2) is 4.64. The Balaban J connectivity index is 1.78. The topological polar surface area (TPSA) is 38.1 Å². The first-order valence-electron chi connectivity index (χ1n) is 6.17. The zero-order valence-corrected chi connectivity index (χ0v) is 10.1. The summed E-state index contributed by atoms with van der Waals surface area (Å²) >= 11 is 0. The van der Waals surface area contributed by atoms with E-state index in [1.54, 1.807) is 6.20 Å². The summed E-state index contributed by atoms with van der Waals surface area (Å²) in [6.45, 7) is 2.60. The van der Waals surface area contributed by atoms with Crippen molar-refractivity contribution in [3.05, 3.63) is 48.5 Å². The number of fused-ring (bicyclic) bond motifs is 1. The van der Waals surface area contributed by atoms with Gasteiger partial charge in [0.2, 0.25) is 0 Å². The molecule has 4 heteroatoms. The van der Waals surface area contributed by atoms with Crippen molar-refractivity contribution in [1.82, 2.24) is 9.55 Å². The highest BCUT2D eigenvalue weighted by molar-refractivity contribution is 6.03. The lowest BCUT2D eigenvalue weighted by Gasteiger charge is -2.30. The summed E-state index contributed by atoms with van der Waals surface area (Å²) in [4.78, 5) is 18.1. The van der Waals surface area contributed by atoms with Gasteiger partial charge in [-0.2, -0.15) is 0 Å². The molecule has 2 aromatic rings. The molecule has 0 fully saturated rings. The highest BCUT2D eigenvalue weighted by Gasteiger charge is 2.21. The lowest BCUT2D eigenvalue weighted by atomic mass is 10.0. The molecule has 2 heterocycles. The van der Waals surface area contributed by atoms with Gasteiger partial charge in [-0.3, -0.25) is 4.79 Å². The fraction of sp³-hybridized carbons (Fsp3) is 0.286. The molecule has 0 unspecified atom stereocenters. The second-order valence-corrected chi connectivity index (χ2v) is 4.48. The first-order chi connectivity index (χ1) is 8.84. The van der Waals surface area contributed by atoms with Crippen molar-refractivity contribution in [3.8, 4) is 0 Å². The maximum absolute atomic E-state index is 11.8. The second-order valence-electron chi connectivity index (χ2n) is 4.48. The van der Waals surface area contributed by atoms with E-state index >= 15 is 0 Å². The molecule has 4 nitrogen and oxygen atoms in total. The highest BCUT2D eigenvalue weighted by atomic mass is 16.1. The third kappa shape index (κ3) is 2.01. The van der Waals surface area contributed by atoms with Crippen molar-refractivity contribution in [3.63, 3.8) is 0 Å². The van der Waals surface area contributed by atoms with Crippen LogP contribution in [0.3, 0.4) is 0 Å². The minimum absolute atomic E-state index is 0.254. The molecule has 92 valence electrons. The Kier molecular flexibility index (Phi) is 2.84. The molecule has 0 saturated carbocycles. The summed E-state index contributed by atoms with van der Waals surface area (Å²) in [6.07, 6.45) is 6.18. The minimum atomic E-state index is 0.254. The molecule has 0 aliphatic carbocycles. The van der Waals surface area contributed by atoms with Crippen LogP contribution in [-0.2, 0) is 6.54 Å². The number of hydrogen-bond donors (Lipinski definition) is 0. The zero-order valence-electron chi connectivity index (χ0n) is 10.1. The Labute approximate surface area is 106 Å². The maximum Gasteiger partial charge on any atom is 0.166 e. The molecule has 18 heavy (non-hydrogen) atoms. The van der Waals surface area contributed by atoms with Crippen molar-refractivity contribution in [2.75, 3.05) is 18.0 Å². The Morgan fingerprint density at radius 3 is 2.94 bits per heavy atom. The number of carbonyl (C=O) groups is 1. The number of nitrogens with zero attached hydrogens (tertiary/aromatic N) is 3. The number of carbonyl (C=O) groups excluding carboxylic acids is 1. The van der Waals surface area contributed by atoms with Gasteiger partial charge in [-0.05, 0) is 12.1 Å². The van der Waals surface area contributed by atoms with Gasteiger partial charge in [-0.1, -0.05) is 12.1 Å². The highest BCUT2D eigenvalue weighted by Crippen LogP contribution is 2.26. The summed E-state index contributed by atoms with van der Waals surface area (Å²) in [5.41, 5.74) is 1.92. The minimum Gasteiger partial charge on any atom is -0.369 e. The van der Waals surface area contributed by atoms with E-state index in [2.05, 4.69) is 14.5 Å². The Bertz CT molecular complexity index is 548. The van der Waals surface area contributed by atoms with Gasteiger partial charge < -0.3 is 9.47 Å². The summed E-state index contributed by atoms with van der Waals surface area (Å²) in [5.74, 6) is 0.254. The van der Waals surface area contributed by atoms with Crippen LogP contribution in [0.1, 0.15) is 16.8 Å². The van der Waals surface area contributed by atoms with Crippen LogP contribution in [0.15, 0.2) is 43.0 Å². The number of ketones is 1. The summed E-state index contributed by atoms with van der Waals surface area (Å²) < 4.78 is 2.05. The molecule has 0 saturated heterocycles. The first-order valence-corrected chi connectivity index (χ1v) is 6.17. The molecule has 0 N–H and O–H groups in total. The lowest BCUT2D eigenvalue weighted by molar-refractivity contribution is 0.0980. The van der Waals surface area contributed by atoms with Gasteiger partial charge in [0.25, 0.3) is 0 Å². The number of imidazole rings is 1. The number of para-hydroxylation sites is 1. The number of aromatic nitrogens is 2. The van der Waals surface area contributed by atoms with Gasteiger partial charge in [0, 0.05) is 49.7 Å². The molecule has 0 radical (unpaired) electrons. The van der Waals surface area contributed by atoms with Gasteiger partial charge >= 0.3 is 0 Å². The van der Waals surface area contributed by atoms with Crippen molar-refractivity contribution in [2.24, 2.45) is 0 Å². The van der Waals surface area contributed by atoms with Crippen LogP contribution in [0, 0.1) is 0 Å². The van der Waals surface area contributed by atoms with Crippen LogP contribution in [0.5, 0.6) is 0 Å². The monoisotopic (exact) mass is 241 g/mol. The number of benzene rings is 1. The normalized spacial score (nSPS) is 14.7. The van der Waals surface area contributed by atoms with Crippen molar-refractivity contribution >= 4 is 11.5 Å². The van der Waals surface area contributed by atoms with E-state index in [9.17, 15) is 4.79 Å². The Hall–Kier alpha value is -2.10. The van der Waals surface area contributed by atoms with E-state index in [0.717, 1.165) is 30.9 Å². The lowest BCUT2D eigenvalue weighted by Crippen LogP contribution is -2.34. The average Bonchev–Trinajstić information content (AvgIpc) is 2.92. The molecular weight excluding hydrogens is 226 g/mol. The standard InChI is InChI=1S/C14H15N3O/c18-14-5-7-17(10-9-16-8-6-15-11-16)13-4-2-1-3-12(13)14/h1-4,6,8,11H,5,7,9-10H2. The van der Waals surface area contributed by atoms with Crippen molar-refractivity contribution in [1.29, 1.82) is 0 Å². The molecule has 1 aromatic carbocycles. The zero-order chi connectivity index (χ0) is 12.4. The van der Waals surface area contributed by atoms with Crippen molar-refractivity contribution < 1.29 is 4.79 Å². The average molecular weight is 241 g/mol. The molecule has 0 amide bonds. The number of anilines is 1. The summed E-state index contributed by atoms with van der Waals surface area (Å²) in [7, 11) is 0. The number of hydrogen-bond acceptors (Lipinski definition) is 3. The summed E-state index contributed by atoms with van der Waals surface area (Å²) in [6, 6.07) is 7.86. The Morgan fingerprint density at radius 2 is 2.11 bits per heavy atom. The SMILES string of the molecule is O=C1CCN(CCn2ccnc2)c2ccccc21. The molecule has 1 aliphatic heterocycles.